The quantitative estimate of drug-likeness (QED) is 0.838. The van der Waals surface area contributed by atoms with Crippen molar-refractivity contribution in [2.24, 2.45) is 0 Å². The number of nitrogens with one attached hydrogen (secondary N) is 1. The van der Waals surface area contributed by atoms with E-state index in [4.69, 9.17) is 0 Å². The number of H-pyrrole nitrogens is 1. The third-order valence-corrected chi connectivity index (χ3v) is 2.67. The summed E-state index contributed by atoms with van der Waals surface area (Å²) in [6.07, 6.45) is 0. The van der Waals surface area contributed by atoms with Gasteiger partial charge in [0, 0.05) is 18.4 Å². The zero-order valence-electron chi connectivity index (χ0n) is 8.85. The molecule has 2 heterocycles. The molecule has 0 aliphatic carbocycles. The molecule has 2 aromatic rings. The number of nitrogens with zero attached hydrogens (tertiary/aromatic N) is 4. The van der Waals surface area contributed by atoms with Gasteiger partial charge in [-0.2, -0.15) is 9.61 Å². The zero-order chi connectivity index (χ0) is 11.5. The molecule has 0 atom stereocenters. The maximum atomic E-state index is 11.4. The van der Waals surface area contributed by atoms with Crippen LogP contribution < -0.4 is 10.6 Å². The van der Waals surface area contributed by atoms with Crippen LogP contribution in [0.3, 0.4) is 0 Å². The van der Waals surface area contributed by atoms with Gasteiger partial charge in [-0.05, 0) is 19.1 Å². The largest absolute Gasteiger partial charge is 0.364 e. The van der Waals surface area contributed by atoms with Crippen LogP contribution in [0.4, 0.5) is 5.82 Å². The van der Waals surface area contributed by atoms with E-state index in [2.05, 4.69) is 36.1 Å². The van der Waals surface area contributed by atoms with Crippen LogP contribution in [0, 0.1) is 0 Å². The molecule has 0 aliphatic rings. The number of halogens is 1. The van der Waals surface area contributed by atoms with Gasteiger partial charge >= 0.3 is 5.69 Å². The molecule has 16 heavy (non-hydrogen) atoms. The molecule has 1 N–H and O–H groups in total. The summed E-state index contributed by atoms with van der Waals surface area (Å²) < 4.78 is 1.27. The first-order valence-electron chi connectivity index (χ1n) is 5.01. The third kappa shape index (κ3) is 1.95. The second kappa shape index (κ2) is 4.65. The summed E-state index contributed by atoms with van der Waals surface area (Å²) in [5.74, 6) is 0.776. The first-order valence-corrected chi connectivity index (χ1v) is 6.13. The van der Waals surface area contributed by atoms with E-state index in [0.29, 0.717) is 5.65 Å². The van der Waals surface area contributed by atoms with E-state index >= 15 is 0 Å². The van der Waals surface area contributed by atoms with Gasteiger partial charge in [0.05, 0.1) is 0 Å². The number of aromatic nitrogens is 4. The summed E-state index contributed by atoms with van der Waals surface area (Å²) in [4.78, 5) is 13.4. The molecular formula is C9H12BrN5O. The third-order valence-electron chi connectivity index (χ3n) is 2.32. The Morgan fingerprint density at radius 1 is 1.56 bits per heavy atom. The van der Waals surface area contributed by atoms with Crippen LogP contribution in [0.2, 0.25) is 0 Å². The van der Waals surface area contributed by atoms with Crippen LogP contribution >= 0.6 is 15.9 Å². The zero-order valence-corrected chi connectivity index (χ0v) is 10.4. The van der Waals surface area contributed by atoms with Crippen molar-refractivity contribution in [2.45, 2.75) is 6.92 Å². The SMILES string of the molecule is CCN(CCBr)c1ccc2n[nH]c(=O)n2n1. The van der Waals surface area contributed by atoms with Crippen molar-refractivity contribution < 1.29 is 0 Å². The molecule has 2 rings (SSSR count). The predicted octanol–water partition coefficient (Wildman–Crippen LogP) is 0.639. The van der Waals surface area contributed by atoms with Gasteiger partial charge in [0.15, 0.2) is 5.65 Å². The van der Waals surface area contributed by atoms with E-state index in [1.165, 1.54) is 4.52 Å². The molecule has 6 nitrogen and oxygen atoms in total. The number of hydrogen-bond acceptors (Lipinski definition) is 4. The number of fused-ring (bicyclic) bond motifs is 1. The number of alkyl halides is 1. The standard InChI is InChI=1S/C9H12BrN5O/c1-2-14(6-5-10)8-4-3-7-11-12-9(16)15(7)13-8/h3-4H,2,5-6H2,1H3,(H,12,16). The molecule has 0 saturated carbocycles. The number of aromatic amines is 1. The van der Waals surface area contributed by atoms with Crippen molar-refractivity contribution in [3.63, 3.8) is 0 Å². The second-order valence-electron chi connectivity index (χ2n) is 3.26. The Kier molecular flexibility index (Phi) is 3.23. The van der Waals surface area contributed by atoms with Gasteiger partial charge < -0.3 is 4.90 Å². The lowest BCUT2D eigenvalue weighted by molar-refractivity contribution is 0.799. The molecular weight excluding hydrogens is 274 g/mol. The maximum absolute atomic E-state index is 11.4. The predicted molar refractivity (Wildman–Crippen MR) is 65.3 cm³/mol. The van der Waals surface area contributed by atoms with Gasteiger partial charge in [0.1, 0.15) is 5.82 Å². The van der Waals surface area contributed by atoms with Gasteiger partial charge in [-0.3, -0.25) is 0 Å². The number of rotatable bonds is 4. The minimum Gasteiger partial charge on any atom is -0.355 e. The van der Waals surface area contributed by atoms with Crippen LogP contribution in [0.15, 0.2) is 16.9 Å². The van der Waals surface area contributed by atoms with Gasteiger partial charge in [0.2, 0.25) is 0 Å². The van der Waals surface area contributed by atoms with E-state index in [1.807, 2.05) is 13.0 Å². The van der Waals surface area contributed by atoms with Crippen LogP contribution in [-0.4, -0.2) is 38.2 Å². The molecule has 0 bridgehead atoms. The lowest BCUT2D eigenvalue weighted by Crippen LogP contribution is -2.27. The Balaban J connectivity index is 2.44. The lowest BCUT2D eigenvalue weighted by Gasteiger charge is -2.19. The monoisotopic (exact) mass is 285 g/mol. The highest BCUT2D eigenvalue weighted by molar-refractivity contribution is 9.09. The molecule has 86 valence electrons. The minimum atomic E-state index is -0.313. The molecule has 0 amide bonds. The average Bonchev–Trinajstić information content (AvgIpc) is 2.68. The fourth-order valence-electron chi connectivity index (χ4n) is 1.50. The van der Waals surface area contributed by atoms with E-state index in [0.717, 1.165) is 24.2 Å². The Bertz CT molecular complexity index is 534. The number of anilines is 1. The normalized spacial score (nSPS) is 10.9. The van der Waals surface area contributed by atoms with Crippen LogP contribution in [0.5, 0.6) is 0 Å². The summed E-state index contributed by atoms with van der Waals surface area (Å²) >= 11 is 3.39. The second-order valence-corrected chi connectivity index (χ2v) is 4.05. The highest BCUT2D eigenvalue weighted by Gasteiger charge is 2.07. The molecule has 0 fully saturated rings. The maximum Gasteiger partial charge on any atom is 0.364 e. The molecule has 2 aromatic heterocycles. The fourth-order valence-corrected chi connectivity index (χ4v) is 1.93. The molecule has 0 aromatic carbocycles. The van der Waals surface area contributed by atoms with Gasteiger partial charge in [0.25, 0.3) is 0 Å². The van der Waals surface area contributed by atoms with Crippen LogP contribution in [0.25, 0.3) is 5.65 Å². The summed E-state index contributed by atoms with van der Waals surface area (Å²) in [6, 6.07) is 3.64. The summed E-state index contributed by atoms with van der Waals surface area (Å²) in [5, 5.41) is 11.3. The first-order chi connectivity index (χ1) is 7.76. The van der Waals surface area contributed by atoms with E-state index < -0.39 is 0 Å². The van der Waals surface area contributed by atoms with Crippen molar-refractivity contribution in [1.82, 2.24) is 19.8 Å². The Hall–Kier alpha value is -1.37. The Morgan fingerprint density at radius 3 is 3.06 bits per heavy atom. The van der Waals surface area contributed by atoms with E-state index in [1.54, 1.807) is 6.07 Å². The topological polar surface area (TPSA) is 66.3 Å². The van der Waals surface area contributed by atoms with Crippen molar-refractivity contribution in [1.29, 1.82) is 0 Å². The summed E-state index contributed by atoms with van der Waals surface area (Å²) in [5.41, 5.74) is 0.218. The molecule has 0 spiro atoms. The molecule has 0 saturated heterocycles. The Labute approximate surface area is 100 Å². The smallest absolute Gasteiger partial charge is 0.355 e. The summed E-state index contributed by atoms with van der Waals surface area (Å²) in [6.45, 7) is 3.74. The minimum absolute atomic E-state index is 0.313. The average molecular weight is 286 g/mol. The van der Waals surface area contributed by atoms with Gasteiger partial charge in [-0.15, -0.1) is 5.10 Å². The molecule has 0 aliphatic heterocycles. The van der Waals surface area contributed by atoms with Crippen LogP contribution in [0.1, 0.15) is 6.92 Å². The highest BCUT2D eigenvalue weighted by atomic mass is 79.9. The lowest BCUT2D eigenvalue weighted by atomic mass is 10.4. The number of hydrogen-bond donors (Lipinski definition) is 1. The van der Waals surface area contributed by atoms with Crippen molar-refractivity contribution in [2.75, 3.05) is 23.3 Å². The first kappa shape index (κ1) is 11.1. The molecule has 0 radical (unpaired) electrons. The van der Waals surface area contributed by atoms with Gasteiger partial charge in [-0.1, -0.05) is 15.9 Å². The van der Waals surface area contributed by atoms with E-state index in [-0.39, 0.29) is 5.69 Å². The van der Waals surface area contributed by atoms with Gasteiger partial charge in [-0.25, -0.2) is 9.89 Å². The molecule has 7 heteroatoms. The van der Waals surface area contributed by atoms with Crippen molar-refractivity contribution in [3.05, 3.63) is 22.6 Å². The molecule has 0 unspecified atom stereocenters. The fraction of sp³-hybridized carbons (Fsp3) is 0.444. The van der Waals surface area contributed by atoms with E-state index in [9.17, 15) is 4.79 Å². The summed E-state index contributed by atoms with van der Waals surface area (Å²) in [7, 11) is 0. The van der Waals surface area contributed by atoms with Crippen molar-refractivity contribution >= 4 is 27.4 Å². The van der Waals surface area contributed by atoms with Crippen LogP contribution in [-0.2, 0) is 0 Å². The Morgan fingerprint density at radius 2 is 2.38 bits per heavy atom. The highest BCUT2D eigenvalue weighted by Crippen LogP contribution is 2.09. The van der Waals surface area contributed by atoms with Crippen molar-refractivity contribution in [3.8, 4) is 0 Å².